The summed E-state index contributed by atoms with van der Waals surface area (Å²) in [5.74, 6) is -1.10. The van der Waals surface area contributed by atoms with Crippen molar-refractivity contribution in [3.63, 3.8) is 0 Å². The molecule has 1 heterocycles. The first-order valence-corrected chi connectivity index (χ1v) is 8.26. The molecular weight excluding hydrogens is 366 g/mol. The van der Waals surface area contributed by atoms with Crippen molar-refractivity contribution in [2.24, 2.45) is 0 Å². The molecule has 144 valence electrons. The van der Waals surface area contributed by atoms with Gasteiger partial charge in [-0.05, 0) is 24.1 Å². The predicted octanol–water partition coefficient (Wildman–Crippen LogP) is 2.66. The Morgan fingerprint density at radius 2 is 1.93 bits per heavy atom. The molecule has 0 radical (unpaired) electrons. The number of hydrogen-bond donors (Lipinski definition) is 3. The summed E-state index contributed by atoms with van der Waals surface area (Å²) in [7, 11) is 1.25. The van der Waals surface area contributed by atoms with E-state index in [-0.39, 0.29) is 22.7 Å². The number of nitro benzene ring substituents is 1. The second kappa shape index (κ2) is 7.39. The molecule has 9 nitrogen and oxygen atoms in total. The van der Waals surface area contributed by atoms with Crippen molar-refractivity contribution in [1.29, 1.82) is 0 Å². The number of carbonyl (C=O) groups is 2. The number of benzene rings is 2. The van der Waals surface area contributed by atoms with Crippen molar-refractivity contribution < 1.29 is 24.4 Å². The molecule has 1 atom stereocenters. The molecule has 28 heavy (non-hydrogen) atoms. The summed E-state index contributed by atoms with van der Waals surface area (Å²) in [6.45, 7) is 1.34. The van der Waals surface area contributed by atoms with Gasteiger partial charge in [-0.3, -0.25) is 14.9 Å². The molecule has 9 heteroatoms. The zero-order chi connectivity index (χ0) is 20.4. The zero-order valence-corrected chi connectivity index (χ0v) is 15.1. The smallest absolute Gasteiger partial charge is 0.320 e. The van der Waals surface area contributed by atoms with Gasteiger partial charge in [0.25, 0.3) is 0 Å². The van der Waals surface area contributed by atoms with Crippen molar-refractivity contribution in [3.8, 4) is 11.5 Å². The normalized spacial score (nSPS) is 16.2. The van der Waals surface area contributed by atoms with E-state index in [0.29, 0.717) is 11.3 Å². The van der Waals surface area contributed by atoms with Gasteiger partial charge in [0.1, 0.15) is 0 Å². The van der Waals surface area contributed by atoms with Crippen molar-refractivity contribution in [3.05, 3.63) is 69.3 Å². The van der Waals surface area contributed by atoms with Gasteiger partial charge in [-0.2, -0.15) is 0 Å². The van der Waals surface area contributed by atoms with Crippen LogP contribution >= 0.6 is 0 Å². The number of hydrogen-bond acceptors (Lipinski definition) is 6. The molecule has 0 saturated heterocycles. The molecule has 0 spiro atoms. The highest BCUT2D eigenvalue weighted by Gasteiger charge is 2.34. The van der Waals surface area contributed by atoms with Gasteiger partial charge in [0.2, 0.25) is 5.75 Å². The first-order valence-electron chi connectivity index (χ1n) is 8.26. The fourth-order valence-electron chi connectivity index (χ4n) is 3.10. The Bertz CT molecular complexity index is 1000. The molecule has 1 aliphatic heterocycles. The third-order valence-corrected chi connectivity index (χ3v) is 4.34. The number of nitrogens with one attached hydrogen (secondary N) is 2. The third kappa shape index (κ3) is 3.37. The number of amides is 2. The highest BCUT2D eigenvalue weighted by Crippen LogP contribution is 2.41. The van der Waals surface area contributed by atoms with Gasteiger partial charge >= 0.3 is 11.7 Å². The van der Waals surface area contributed by atoms with Crippen LogP contribution in [-0.4, -0.2) is 29.0 Å². The zero-order valence-electron chi connectivity index (χ0n) is 15.1. The van der Waals surface area contributed by atoms with Crippen LogP contribution in [0.25, 0.3) is 5.70 Å². The van der Waals surface area contributed by atoms with Gasteiger partial charge in [-0.15, -0.1) is 0 Å². The molecule has 3 N–H and O–H groups in total. The molecule has 0 aliphatic carbocycles. The number of methoxy groups -OCH3 is 1. The maximum Gasteiger partial charge on any atom is 0.320 e. The van der Waals surface area contributed by atoms with E-state index in [9.17, 15) is 24.8 Å². The Kier molecular flexibility index (Phi) is 4.99. The number of aromatic hydroxyl groups is 1. The molecule has 2 amide bonds. The van der Waals surface area contributed by atoms with Crippen molar-refractivity contribution in [2.45, 2.75) is 13.0 Å². The highest BCUT2D eigenvalue weighted by atomic mass is 16.6. The molecule has 3 rings (SSSR count). The van der Waals surface area contributed by atoms with E-state index >= 15 is 0 Å². The number of ether oxygens (including phenoxy) is 1. The second-order valence-corrected chi connectivity index (χ2v) is 6.09. The Hall–Kier alpha value is -3.88. The first-order chi connectivity index (χ1) is 13.3. The molecule has 0 aromatic heterocycles. The van der Waals surface area contributed by atoms with Crippen molar-refractivity contribution in [1.82, 2.24) is 10.6 Å². The second-order valence-electron chi connectivity index (χ2n) is 6.09. The van der Waals surface area contributed by atoms with Crippen LogP contribution in [0.4, 0.5) is 10.5 Å². The summed E-state index contributed by atoms with van der Waals surface area (Å²) < 4.78 is 5.02. The summed E-state index contributed by atoms with van der Waals surface area (Å²) >= 11 is 0. The Morgan fingerprint density at radius 1 is 1.25 bits per heavy atom. The summed E-state index contributed by atoms with van der Waals surface area (Å²) in [4.78, 5) is 35.2. The number of rotatable bonds is 5. The quantitative estimate of drug-likeness (QED) is 0.537. The summed E-state index contributed by atoms with van der Waals surface area (Å²) in [6.07, 6.45) is 0. The molecule has 1 aliphatic rings. The Labute approximate surface area is 159 Å². The molecule has 2 aromatic carbocycles. The maximum absolute atomic E-state index is 12.4. The molecule has 0 unspecified atom stereocenters. The van der Waals surface area contributed by atoms with Crippen LogP contribution < -0.4 is 15.4 Å². The summed E-state index contributed by atoms with van der Waals surface area (Å²) in [5.41, 5.74) is 0.804. The maximum atomic E-state index is 12.4. The monoisotopic (exact) mass is 383 g/mol. The minimum atomic E-state index is -0.963. The number of nitrogens with zero attached hydrogens (tertiary/aromatic N) is 1. The Balaban J connectivity index is 2.25. The van der Waals surface area contributed by atoms with Crippen molar-refractivity contribution >= 4 is 23.2 Å². The Morgan fingerprint density at radius 3 is 2.50 bits per heavy atom. The van der Waals surface area contributed by atoms with E-state index in [1.807, 2.05) is 0 Å². The summed E-state index contributed by atoms with van der Waals surface area (Å²) in [5, 5.41) is 26.5. The predicted molar refractivity (Wildman–Crippen MR) is 99.8 cm³/mol. The number of ketones is 1. The fraction of sp³-hybridized carbons (Fsp3) is 0.158. The van der Waals surface area contributed by atoms with Crippen molar-refractivity contribution in [2.75, 3.05) is 7.11 Å². The van der Waals surface area contributed by atoms with Gasteiger partial charge < -0.3 is 20.5 Å². The minimum absolute atomic E-state index is 0.138. The minimum Gasteiger partial charge on any atom is -0.500 e. The van der Waals surface area contributed by atoms with Gasteiger partial charge in [-0.25, -0.2) is 4.79 Å². The molecule has 0 fully saturated rings. The lowest BCUT2D eigenvalue weighted by atomic mass is 9.90. The number of phenolic OH excluding ortho intramolecular Hbond substituents is 1. The number of phenols is 1. The molecule has 2 aromatic rings. The van der Waals surface area contributed by atoms with E-state index < -0.39 is 28.4 Å². The SMILES string of the molecule is COc1cc([C@@H]2NC(=O)NC(c3ccccc3)=C2C(C)=O)cc([N+](=O)[O-])c1O. The lowest BCUT2D eigenvalue weighted by Crippen LogP contribution is -2.44. The standard InChI is InChI=1S/C19H17N3O6/c1-10(23)15-16(11-6-4-3-5-7-11)20-19(25)21-17(15)12-8-13(22(26)27)18(24)14(9-12)28-2/h3-9,17,24H,1-2H3,(H2,20,21,25)/t17-/m0/s1. The van der Waals surface area contributed by atoms with Crippen LogP contribution in [0.1, 0.15) is 24.1 Å². The number of Topliss-reactive ketones (excluding diaryl/α,β-unsaturated/α-hetero) is 1. The molecule has 0 saturated carbocycles. The van der Waals surface area contributed by atoms with Gasteiger partial charge in [0.05, 0.1) is 23.8 Å². The van der Waals surface area contributed by atoms with E-state index in [2.05, 4.69) is 10.6 Å². The first kappa shape index (κ1) is 18.9. The fourth-order valence-corrected chi connectivity index (χ4v) is 3.10. The largest absolute Gasteiger partial charge is 0.500 e. The number of nitro groups is 1. The highest BCUT2D eigenvalue weighted by molar-refractivity contribution is 6.07. The molecule has 0 bridgehead atoms. The van der Waals surface area contributed by atoms with Gasteiger partial charge in [0, 0.05) is 11.6 Å². The molecular formula is C19H17N3O6. The van der Waals surface area contributed by atoms with E-state index in [0.717, 1.165) is 6.07 Å². The van der Waals surface area contributed by atoms with E-state index in [1.54, 1.807) is 30.3 Å². The van der Waals surface area contributed by atoms with Crippen LogP contribution in [0.5, 0.6) is 11.5 Å². The summed E-state index contributed by atoms with van der Waals surface area (Å²) in [6, 6.07) is 9.73. The third-order valence-electron chi connectivity index (χ3n) is 4.34. The lowest BCUT2D eigenvalue weighted by molar-refractivity contribution is -0.386. The number of carbonyl (C=O) groups excluding carboxylic acids is 2. The van der Waals surface area contributed by atoms with Gasteiger partial charge in [0.15, 0.2) is 11.5 Å². The topological polar surface area (TPSA) is 131 Å². The van der Waals surface area contributed by atoms with E-state index in [1.165, 1.54) is 20.1 Å². The van der Waals surface area contributed by atoms with Gasteiger partial charge in [-0.1, -0.05) is 30.3 Å². The number of urea groups is 1. The van der Waals surface area contributed by atoms with Crippen LogP contribution in [0.2, 0.25) is 0 Å². The average molecular weight is 383 g/mol. The van der Waals surface area contributed by atoms with E-state index in [4.69, 9.17) is 4.74 Å². The van der Waals surface area contributed by atoms with Crippen LogP contribution in [0, 0.1) is 10.1 Å². The lowest BCUT2D eigenvalue weighted by Gasteiger charge is -2.29. The van der Waals surface area contributed by atoms with Crippen LogP contribution in [-0.2, 0) is 4.79 Å². The van der Waals surface area contributed by atoms with Crippen LogP contribution in [0.3, 0.4) is 0 Å². The average Bonchev–Trinajstić information content (AvgIpc) is 2.67. The van der Waals surface area contributed by atoms with Crippen LogP contribution in [0.15, 0.2) is 48.0 Å².